The maximum atomic E-state index is 11.3. The van der Waals surface area contributed by atoms with Crippen LogP contribution in [0, 0.1) is 0 Å². The van der Waals surface area contributed by atoms with Crippen LogP contribution in [0.2, 0.25) is 0 Å². The monoisotopic (exact) mass is 254 g/mol. The predicted molar refractivity (Wildman–Crippen MR) is 71.5 cm³/mol. The zero-order chi connectivity index (χ0) is 13.6. The summed E-state index contributed by atoms with van der Waals surface area (Å²) in [6, 6.07) is 18.2. The minimum atomic E-state index is -1.53. The van der Waals surface area contributed by atoms with Gasteiger partial charge in [-0.25, -0.2) is 0 Å². The minimum Gasteiger partial charge on any atom is -0.351 e. The van der Waals surface area contributed by atoms with E-state index in [2.05, 4.69) is 0 Å². The molecule has 0 saturated carbocycles. The van der Waals surface area contributed by atoms with Crippen LogP contribution in [-0.4, -0.2) is 12.6 Å². The van der Waals surface area contributed by atoms with Gasteiger partial charge in [-0.05, 0) is 11.1 Å². The van der Waals surface area contributed by atoms with Crippen LogP contribution in [0.1, 0.15) is 11.1 Å². The average Bonchev–Trinajstić information content (AvgIpc) is 2.51. The first-order valence-corrected chi connectivity index (χ1v) is 5.97. The maximum absolute atomic E-state index is 11.3. The fourth-order valence-corrected chi connectivity index (χ4v) is 1.79. The maximum Gasteiger partial charge on any atom is 0.203 e. The van der Waals surface area contributed by atoms with E-state index >= 15 is 0 Å². The SMILES string of the molecule is O=CC(C=O)(OCc1ccccc1)c1ccccc1. The van der Waals surface area contributed by atoms with Gasteiger partial charge >= 0.3 is 0 Å². The summed E-state index contributed by atoms with van der Waals surface area (Å²) in [6.07, 6.45) is 1.08. The van der Waals surface area contributed by atoms with E-state index in [1.54, 1.807) is 24.3 Å². The Balaban J connectivity index is 2.21. The summed E-state index contributed by atoms with van der Waals surface area (Å²) < 4.78 is 5.56. The predicted octanol–water partition coefficient (Wildman–Crippen LogP) is 2.50. The van der Waals surface area contributed by atoms with Crippen molar-refractivity contribution in [2.75, 3.05) is 0 Å². The molecule has 2 aromatic rings. The first-order valence-electron chi connectivity index (χ1n) is 5.97. The Morgan fingerprint density at radius 3 is 1.89 bits per heavy atom. The van der Waals surface area contributed by atoms with Crippen molar-refractivity contribution >= 4 is 12.6 Å². The summed E-state index contributed by atoms with van der Waals surface area (Å²) in [6.45, 7) is 0.202. The molecule has 0 aliphatic rings. The number of hydrogen-bond acceptors (Lipinski definition) is 3. The topological polar surface area (TPSA) is 43.4 Å². The van der Waals surface area contributed by atoms with Gasteiger partial charge in [-0.1, -0.05) is 60.7 Å². The molecule has 0 N–H and O–H groups in total. The Bertz CT molecular complexity index is 526. The highest BCUT2D eigenvalue weighted by Crippen LogP contribution is 2.22. The van der Waals surface area contributed by atoms with Gasteiger partial charge < -0.3 is 4.74 Å². The minimum absolute atomic E-state index is 0.202. The molecular formula is C16H14O3. The van der Waals surface area contributed by atoms with Crippen molar-refractivity contribution in [3.8, 4) is 0 Å². The number of rotatable bonds is 6. The molecule has 3 nitrogen and oxygen atoms in total. The first kappa shape index (κ1) is 13.2. The zero-order valence-corrected chi connectivity index (χ0v) is 10.4. The quantitative estimate of drug-likeness (QED) is 0.587. The third kappa shape index (κ3) is 2.95. The van der Waals surface area contributed by atoms with Crippen molar-refractivity contribution in [2.24, 2.45) is 0 Å². The summed E-state index contributed by atoms with van der Waals surface area (Å²) in [5.41, 5.74) is -0.0840. The van der Waals surface area contributed by atoms with Crippen LogP contribution in [0.4, 0.5) is 0 Å². The molecule has 0 saturated heterocycles. The lowest BCUT2D eigenvalue weighted by molar-refractivity contribution is -0.145. The molecule has 19 heavy (non-hydrogen) atoms. The lowest BCUT2D eigenvalue weighted by atomic mass is 9.97. The van der Waals surface area contributed by atoms with Crippen molar-refractivity contribution in [1.82, 2.24) is 0 Å². The van der Waals surface area contributed by atoms with Gasteiger partial charge in [-0.3, -0.25) is 9.59 Å². The highest BCUT2D eigenvalue weighted by Gasteiger charge is 2.32. The Labute approximate surface area is 111 Å². The molecule has 0 heterocycles. The van der Waals surface area contributed by atoms with E-state index in [9.17, 15) is 9.59 Å². The number of carbonyl (C=O) groups excluding carboxylic acids is 2. The molecule has 0 bridgehead atoms. The van der Waals surface area contributed by atoms with E-state index in [1.165, 1.54) is 0 Å². The standard InChI is InChI=1S/C16H14O3/c17-12-16(13-18,15-9-5-2-6-10-15)19-11-14-7-3-1-4-8-14/h1-10,12-13H,11H2. The van der Waals surface area contributed by atoms with Crippen LogP contribution in [0.25, 0.3) is 0 Å². The number of hydrogen-bond donors (Lipinski definition) is 0. The number of aldehydes is 2. The van der Waals surface area contributed by atoms with Gasteiger partial charge in [0.05, 0.1) is 6.61 Å². The van der Waals surface area contributed by atoms with Gasteiger partial charge in [-0.15, -0.1) is 0 Å². The van der Waals surface area contributed by atoms with Gasteiger partial charge in [0.25, 0.3) is 0 Å². The molecule has 96 valence electrons. The molecule has 0 spiro atoms. The molecule has 0 atom stereocenters. The second-order valence-corrected chi connectivity index (χ2v) is 4.17. The second-order valence-electron chi connectivity index (χ2n) is 4.17. The Kier molecular flexibility index (Phi) is 4.21. The van der Waals surface area contributed by atoms with Gasteiger partial charge in [0, 0.05) is 0 Å². The largest absolute Gasteiger partial charge is 0.351 e. The van der Waals surface area contributed by atoms with E-state index < -0.39 is 5.60 Å². The highest BCUT2D eigenvalue weighted by atomic mass is 16.5. The molecule has 0 amide bonds. The summed E-state index contributed by atoms with van der Waals surface area (Å²) in [4.78, 5) is 22.6. The van der Waals surface area contributed by atoms with E-state index in [-0.39, 0.29) is 6.61 Å². The van der Waals surface area contributed by atoms with Gasteiger partial charge in [0.2, 0.25) is 5.60 Å². The number of ether oxygens (including phenoxy) is 1. The van der Waals surface area contributed by atoms with Crippen LogP contribution in [0.3, 0.4) is 0 Å². The molecular weight excluding hydrogens is 240 g/mol. The Morgan fingerprint density at radius 1 is 0.842 bits per heavy atom. The van der Waals surface area contributed by atoms with Crippen LogP contribution in [0.15, 0.2) is 60.7 Å². The van der Waals surface area contributed by atoms with Crippen molar-refractivity contribution in [1.29, 1.82) is 0 Å². The van der Waals surface area contributed by atoms with Crippen molar-refractivity contribution < 1.29 is 14.3 Å². The lowest BCUT2D eigenvalue weighted by Crippen LogP contribution is -2.33. The molecule has 0 aliphatic heterocycles. The first-order chi connectivity index (χ1) is 9.30. The second kappa shape index (κ2) is 6.07. The van der Waals surface area contributed by atoms with Crippen molar-refractivity contribution in [3.63, 3.8) is 0 Å². The molecule has 0 fully saturated rings. The zero-order valence-electron chi connectivity index (χ0n) is 10.4. The summed E-state index contributed by atoms with van der Waals surface area (Å²) in [5, 5.41) is 0. The summed E-state index contributed by atoms with van der Waals surface area (Å²) in [5.74, 6) is 0. The van der Waals surface area contributed by atoms with Gasteiger partial charge in [0.1, 0.15) is 0 Å². The van der Waals surface area contributed by atoms with Crippen LogP contribution >= 0.6 is 0 Å². The molecule has 0 aromatic heterocycles. The molecule has 0 aliphatic carbocycles. The van der Waals surface area contributed by atoms with Crippen LogP contribution in [-0.2, 0) is 26.5 Å². The normalized spacial score (nSPS) is 10.9. The molecule has 2 aromatic carbocycles. The molecule has 0 radical (unpaired) electrons. The van der Waals surface area contributed by atoms with E-state index in [0.717, 1.165) is 5.56 Å². The van der Waals surface area contributed by atoms with Crippen molar-refractivity contribution in [3.05, 3.63) is 71.8 Å². The van der Waals surface area contributed by atoms with E-state index in [1.807, 2.05) is 36.4 Å². The van der Waals surface area contributed by atoms with Crippen molar-refractivity contribution in [2.45, 2.75) is 12.2 Å². The fraction of sp³-hybridized carbons (Fsp3) is 0.125. The van der Waals surface area contributed by atoms with E-state index in [4.69, 9.17) is 4.74 Å². The van der Waals surface area contributed by atoms with Crippen LogP contribution < -0.4 is 0 Å². The van der Waals surface area contributed by atoms with Gasteiger partial charge in [-0.2, -0.15) is 0 Å². The third-order valence-electron chi connectivity index (χ3n) is 2.90. The molecule has 3 heteroatoms. The van der Waals surface area contributed by atoms with Crippen LogP contribution in [0.5, 0.6) is 0 Å². The van der Waals surface area contributed by atoms with Gasteiger partial charge in [0.15, 0.2) is 12.6 Å². The number of carbonyl (C=O) groups is 2. The summed E-state index contributed by atoms with van der Waals surface area (Å²) in [7, 11) is 0. The average molecular weight is 254 g/mol. The highest BCUT2D eigenvalue weighted by molar-refractivity contribution is 5.89. The molecule has 0 unspecified atom stereocenters. The Morgan fingerprint density at radius 2 is 1.37 bits per heavy atom. The third-order valence-corrected chi connectivity index (χ3v) is 2.90. The lowest BCUT2D eigenvalue weighted by Gasteiger charge is -2.22. The Hall–Kier alpha value is -2.26. The smallest absolute Gasteiger partial charge is 0.203 e. The number of benzene rings is 2. The summed E-state index contributed by atoms with van der Waals surface area (Å²) >= 11 is 0. The molecule has 2 rings (SSSR count). The van der Waals surface area contributed by atoms with E-state index in [0.29, 0.717) is 18.1 Å². The fourth-order valence-electron chi connectivity index (χ4n) is 1.79.